The summed E-state index contributed by atoms with van der Waals surface area (Å²) < 4.78 is 0. The van der Waals surface area contributed by atoms with E-state index in [1.807, 2.05) is 35.7 Å². The number of benzene rings is 1. The van der Waals surface area contributed by atoms with Gasteiger partial charge in [-0.3, -0.25) is 14.5 Å². The number of amides is 2. The largest absolute Gasteiger partial charge is 0.394 e. The van der Waals surface area contributed by atoms with Crippen LogP contribution in [0.15, 0.2) is 35.7 Å². The third kappa shape index (κ3) is 3.23. The molecule has 2 aliphatic rings. The van der Waals surface area contributed by atoms with Crippen molar-refractivity contribution in [2.75, 3.05) is 26.2 Å². The van der Waals surface area contributed by atoms with E-state index in [1.165, 1.54) is 0 Å². The molecule has 1 aromatic heterocycles. The van der Waals surface area contributed by atoms with Crippen LogP contribution in [0.2, 0.25) is 0 Å². The van der Waals surface area contributed by atoms with Gasteiger partial charge in [0.2, 0.25) is 11.8 Å². The van der Waals surface area contributed by atoms with Crippen LogP contribution < -0.4 is 5.32 Å². The summed E-state index contributed by atoms with van der Waals surface area (Å²) in [6.45, 7) is 1.96. The number of carbonyl (C=O) groups excluding carboxylic acids is 2. The van der Waals surface area contributed by atoms with Crippen LogP contribution in [0.1, 0.15) is 5.01 Å². The lowest BCUT2D eigenvalue weighted by Crippen LogP contribution is -2.69. The van der Waals surface area contributed by atoms with Gasteiger partial charge >= 0.3 is 0 Å². The van der Waals surface area contributed by atoms with Gasteiger partial charge in [-0.25, -0.2) is 4.98 Å². The molecule has 2 amide bonds. The fourth-order valence-corrected chi connectivity index (χ4v) is 4.29. The molecule has 2 aliphatic heterocycles. The summed E-state index contributed by atoms with van der Waals surface area (Å²) in [5, 5.41) is 14.9. The average molecular weight is 372 g/mol. The number of aromatic nitrogens is 1. The van der Waals surface area contributed by atoms with Gasteiger partial charge in [0.15, 0.2) is 0 Å². The monoisotopic (exact) mass is 372 g/mol. The first-order valence-electron chi connectivity index (χ1n) is 8.59. The van der Waals surface area contributed by atoms with E-state index in [0.29, 0.717) is 26.2 Å². The number of nitrogens with one attached hydrogen (secondary N) is 1. The number of carbonyl (C=O) groups is 2. The Morgan fingerprint density at radius 1 is 1.23 bits per heavy atom. The molecule has 0 saturated carbocycles. The van der Waals surface area contributed by atoms with Crippen LogP contribution in [0.3, 0.4) is 0 Å². The summed E-state index contributed by atoms with van der Waals surface area (Å²) in [7, 11) is 0. The summed E-state index contributed by atoms with van der Waals surface area (Å²) in [4.78, 5) is 33.0. The third-order valence-corrected chi connectivity index (χ3v) is 5.66. The number of nitrogens with zero attached hydrogens (tertiary/aromatic N) is 3. The maximum atomic E-state index is 12.3. The van der Waals surface area contributed by atoms with Crippen LogP contribution in [0.4, 0.5) is 0 Å². The molecular weight excluding hydrogens is 352 g/mol. The topological polar surface area (TPSA) is 85.8 Å². The van der Waals surface area contributed by atoms with Crippen molar-refractivity contribution in [1.29, 1.82) is 0 Å². The van der Waals surface area contributed by atoms with E-state index in [2.05, 4.69) is 10.2 Å². The van der Waals surface area contributed by atoms with Crippen molar-refractivity contribution in [3.05, 3.63) is 40.7 Å². The maximum absolute atomic E-state index is 12.3. The number of aliphatic hydroxyl groups excluding tert-OH is 1. The molecule has 0 bridgehead atoms. The predicted octanol–water partition coefficient (Wildman–Crippen LogP) is 0.314. The minimum absolute atomic E-state index is 0.197. The van der Waals surface area contributed by atoms with E-state index >= 15 is 0 Å². The van der Waals surface area contributed by atoms with Gasteiger partial charge in [0.25, 0.3) is 0 Å². The van der Waals surface area contributed by atoms with Crippen molar-refractivity contribution in [1.82, 2.24) is 20.1 Å². The second-order valence-corrected chi connectivity index (χ2v) is 7.46. The van der Waals surface area contributed by atoms with Gasteiger partial charge in [-0.2, -0.15) is 0 Å². The first kappa shape index (κ1) is 17.1. The van der Waals surface area contributed by atoms with Gasteiger partial charge in [-0.15, -0.1) is 11.3 Å². The Labute approximate surface area is 155 Å². The number of thiazole rings is 1. The molecule has 2 N–H and O–H groups in total. The van der Waals surface area contributed by atoms with E-state index in [9.17, 15) is 14.7 Å². The summed E-state index contributed by atoms with van der Waals surface area (Å²) in [6.07, 6.45) is 0. The highest BCUT2D eigenvalue weighted by Gasteiger charge is 2.43. The van der Waals surface area contributed by atoms with E-state index < -0.39 is 12.1 Å². The molecule has 2 fully saturated rings. The van der Waals surface area contributed by atoms with Crippen molar-refractivity contribution in [2.24, 2.45) is 0 Å². The van der Waals surface area contributed by atoms with E-state index in [0.717, 1.165) is 16.3 Å². The number of hydrogen-bond acceptors (Lipinski definition) is 6. The highest BCUT2D eigenvalue weighted by atomic mass is 32.1. The van der Waals surface area contributed by atoms with Crippen molar-refractivity contribution in [3.63, 3.8) is 0 Å². The zero-order chi connectivity index (χ0) is 18.1. The summed E-state index contributed by atoms with van der Waals surface area (Å²) >= 11 is 1.61. The number of hydrogen-bond donors (Lipinski definition) is 2. The molecule has 3 heterocycles. The second kappa shape index (κ2) is 7.14. The van der Waals surface area contributed by atoms with Crippen molar-refractivity contribution < 1.29 is 14.7 Å². The Hall–Kier alpha value is -2.29. The minimum atomic E-state index is -0.808. The van der Waals surface area contributed by atoms with E-state index in [-0.39, 0.29) is 18.4 Å². The Morgan fingerprint density at radius 3 is 2.81 bits per heavy atom. The lowest BCUT2D eigenvalue weighted by atomic mass is 10.0. The van der Waals surface area contributed by atoms with Crippen LogP contribution in [0.5, 0.6) is 0 Å². The number of rotatable bonds is 4. The molecule has 136 valence electrons. The molecule has 1 aromatic carbocycles. The van der Waals surface area contributed by atoms with Gasteiger partial charge in [-0.1, -0.05) is 30.3 Å². The molecule has 2 saturated heterocycles. The van der Waals surface area contributed by atoms with E-state index in [4.69, 9.17) is 4.98 Å². The molecule has 7 nitrogen and oxygen atoms in total. The SMILES string of the molecule is O=C1N[C@H](CO)C(=O)N2CCN(Cc3nc(-c4ccccc4)cs3)C[C@H]12. The number of fused-ring (bicyclic) bond motifs is 1. The van der Waals surface area contributed by atoms with Gasteiger partial charge in [0.05, 0.1) is 18.8 Å². The Bertz CT molecular complexity index is 810. The molecule has 0 spiro atoms. The molecule has 4 rings (SSSR count). The smallest absolute Gasteiger partial charge is 0.248 e. The highest BCUT2D eigenvalue weighted by molar-refractivity contribution is 7.09. The number of piperazine rings is 2. The van der Waals surface area contributed by atoms with Crippen LogP contribution in [-0.4, -0.2) is 70.0 Å². The summed E-state index contributed by atoms with van der Waals surface area (Å²) in [5.41, 5.74) is 2.05. The minimum Gasteiger partial charge on any atom is -0.394 e. The molecule has 2 atom stereocenters. The van der Waals surface area contributed by atoms with Crippen LogP contribution in [-0.2, 0) is 16.1 Å². The highest BCUT2D eigenvalue weighted by Crippen LogP contribution is 2.24. The maximum Gasteiger partial charge on any atom is 0.248 e. The fraction of sp³-hybridized carbons (Fsp3) is 0.389. The normalized spacial score (nSPS) is 23.7. The number of aliphatic hydroxyl groups is 1. The van der Waals surface area contributed by atoms with Gasteiger partial charge < -0.3 is 15.3 Å². The average Bonchev–Trinajstić information content (AvgIpc) is 3.14. The molecule has 0 aliphatic carbocycles. The Balaban J connectivity index is 1.43. The molecule has 2 aromatic rings. The van der Waals surface area contributed by atoms with Gasteiger partial charge in [-0.05, 0) is 0 Å². The van der Waals surface area contributed by atoms with Gasteiger partial charge in [0.1, 0.15) is 17.1 Å². The first-order valence-corrected chi connectivity index (χ1v) is 9.47. The molecular formula is C18H20N4O3S. The fourth-order valence-electron chi connectivity index (χ4n) is 3.44. The van der Waals surface area contributed by atoms with Crippen LogP contribution in [0.25, 0.3) is 11.3 Å². The van der Waals surface area contributed by atoms with Crippen LogP contribution >= 0.6 is 11.3 Å². The van der Waals surface area contributed by atoms with E-state index in [1.54, 1.807) is 16.2 Å². The molecule has 0 radical (unpaired) electrons. The van der Waals surface area contributed by atoms with Gasteiger partial charge in [0, 0.05) is 30.6 Å². The Morgan fingerprint density at radius 2 is 2.04 bits per heavy atom. The van der Waals surface area contributed by atoms with Crippen molar-refractivity contribution >= 4 is 23.2 Å². The van der Waals surface area contributed by atoms with Crippen LogP contribution in [0, 0.1) is 0 Å². The quantitative estimate of drug-likeness (QED) is 0.807. The second-order valence-electron chi connectivity index (χ2n) is 6.52. The van der Waals surface area contributed by atoms with Crippen molar-refractivity contribution in [3.8, 4) is 11.3 Å². The molecule has 26 heavy (non-hydrogen) atoms. The zero-order valence-corrected chi connectivity index (χ0v) is 15.0. The summed E-state index contributed by atoms with van der Waals surface area (Å²) in [5.74, 6) is -0.394. The standard InChI is InChI=1S/C18H20N4O3S/c23-10-13-18(25)22-7-6-21(8-15(22)17(24)20-13)9-16-19-14(11-26-16)12-4-2-1-3-5-12/h1-5,11,13,15,23H,6-10H2,(H,20,24)/t13-,15-/m1/s1. The Kier molecular flexibility index (Phi) is 4.71. The third-order valence-electron chi connectivity index (χ3n) is 4.83. The predicted molar refractivity (Wildman–Crippen MR) is 97.3 cm³/mol. The lowest BCUT2D eigenvalue weighted by molar-refractivity contribution is -0.154. The molecule has 8 heteroatoms. The molecule has 0 unspecified atom stereocenters. The lowest BCUT2D eigenvalue weighted by Gasteiger charge is -2.44. The first-order chi connectivity index (χ1) is 12.7. The van der Waals surface area contributed by atoms with Crippen molar-refractivity contribution in [2.45, 2.75) is 18.6 Å². The summed E-state index contributed by atoms with van der Waals surface area (Å²) in [6, 6.07) is 8.73. The zero-order valence-electron chi connectivity index (χ0n) is 14.2.